The van der Waals surface area contributed by atoms with E-state index in [1.807, 2.05) is 50.5 Å². The van der Waals surface area contributed by atoms with E-state index in [0.717, 1.165) is 27.6 Å². The van der Waals surface area contributed by atoms with Crippen LogP contribution in [-0.2, 0) is 23.0 Å². The fourth-order valence-corrected chi connectivity index (χ4v) is 3.19. The lowest BCUT2D eigenvalue weighted by atomic mass is 9.98. The van der Waals surface area contributed by atoms with Crippen LogP contribution in [0.1, 0.15) is 21.5 Å². The zero-order valence-corrected chi connectivity index (χ0v) is 19.4. The highest BCUT2D eigenvalue weighted by atomic mass is 127. The molecular formula is C23H25IN2O4. The number of nitrogens with zero attached hydrogens (tertiary/aromatic N) is 1. The van der Waals surface area contributed by atoms with Crippen LogP contribution < -0.4 is 38.6 Å². The summed E-state index contributed by atoms with van der Waals surface area (Å²) in [5, 5.41) is 4.90. The predicted octanol–water partition coefficient (Wildman–Crippen LogP) is -0.499. The molecule has 158 valence electrons. The third-order valence-corrected chi connectivity index (χ3v) is 4.80. The van der Waals surface area contributed by atoms with Gasteiger partial charge in [-0.2, -0.15) is 0 Å². The normalized spacial score (nSPS) is 10.2. The summed E-state index contributed by atoms with van der Waals surface area (Å²) in [5.41, 5.74) is 2.53. The van der Waals surface area contributed by atoms with Crippen LogP contribution in [0.3, 0.4) is 0 Å². The number of pyridine rings is 1. The Bertz CT molecular complexity index is 1050. The first kappa shape index (κ1) is 23.6. The van der Waals surface area contributed by atoms with Crippen LogP contribution >= 0.6 is 0 Å². The quantitative estimate of drug-likeness (QED) is 0.198. The van der Waals surface area contributed by atoms with Crippen molar-refractivity contribution in [3.8, 4) is 5.75 Å². The molecule has 0 fully saturated rings. The van der Waals surface area contributed by atoms with Gasteiger partial charge in [0.2, 0.25) is 0 Å². The Hall–Kier alpha value is -2.68. The summed E-state index contributed by atoms with van der Waals surface area (Å²) in [5.74, 6) is 0.287. The van der Waals surface area contributed by atoms with Gasteiger partial charge in [0.1, 0.15) is 25.0 Å². The number of hydrogen-bond donors (Lipinski definition) is 1. The second kappa shape index (κ2) is 10.9. The lowest BCUT2D eigenvalue weighted by molar-refractivity contribution is -0.671. The number of aromatic nitrogens is 1. The zero-order chi connectivity index (χ0) is 20.8. The molecule has 1 amide bonds. The van der Waals surface area contributed by atoms with E-state index in [0.29, 0.717) is 5.56 Å². The standard InChI is InChI=1S/C23H24N2O4.HI/c1-16-17(6-7-18-13-20(28-3)8-9-21(16)18)14-22(26)29-12-10-24-23(27)19-5-4-11-25(2)15-19;/h4-9,11,13,15H,10,12,14H2,1-3H3;1H. The molecule has 0 saturated carbocycles. The molecule has 0 unspecified atom stereocenters. The second-order valence-corrected chi connectivity index (χ2v) is 6.85. The van der Waals surface area contributed by atoms with E-state index in [-0.39, 0.29) is 55.4 Å². The van der Waals surface area contributed by atoms with Gasteiger partial charge in [-0.05, 0) is 47.0 Å². The molecule has 0 aliphatic heterocycles. The molecule has 3 rings (SSSR count). The van der Waals surface area contributed by atoms with Crippen molar-refractivity contribution in [3.05, 3.63) is 71.5 Å². The van der Waals surface area contributed by atoms with Crippen molar-refractivity contribution in [3.63, 3.8) is 0 Å². The molecule has 1 heterocycles. The van der Waals surface area contributed by atoms with Gasteiger partial charge in [-0.3, -0.25) is 9.59 Å². The summed E-state index contributed by atoms with van der Waals surface area (Å²) in [4.78, 5) is 24.3. The number of halogens is 1. The molecule has 6 nitrogen and oxygen atoms in total. The average Bonchev–Trinajstić information content (AvgIpc) is 2.72. The largest absolute Gasteiger partial charge is 1.00 e. The maximum Gasteiger partial charge on any atom is 0.310 e. The van der Waals surface area contributed by atoms with Gasteiger partial charge in [0.15, 0.2) is 12.4 Å². The molecular weight excluding hydrogens is 495 g/mol. The molecule has 0 aliphatic rings. The Morgan fingerprint density at radius 3 is 2.67 bits per heavy atom. The second-order valence-electron chi connectivity index (χ2n) is 6.85. The lowest BCUT2D eigenvalue weighted by Crippen LogP contribution is -3.00. The SMILES string of the molecule is COc1ccc2c(C)c(CC(=O)OCCNC(=O)c3ccc[n+](C)c3)ccc2c1.[I-]. The number of carbonyl (C=O) groups excluding carboxylic acids is 2. The van der Waals surface area contributed by atoms with E-state index in [1.165, 1.54) is 0 Å². The zero-order valence-electron chi connectivity index (χ0n) is 17.3. The lowest BCUT2D eigenvalue weighted by Gasteiger charge is -2.11. The van der Waals surface area contributed by atoms with Crippen LogP contribution in [0.25, 0.3) is 10.8 Å². The molecule has 0 aliphatic carbocycles. The third kappa shape index (κ3) is 5.91. The van der Waals surface area contributed by atoms with Crippen LogP contribution in [0.4, 0.5) is 0 Å². The number of rotatable bonds is 7. The van der Waals surface area contributed by atoms with Crippen molar-refractivity contribution in [2.75, 3.05) is 20.3 Å². The van der Waals surface area contributed by atoms with E-state index >= 15 is 0 Å². The van der Waals surface area contributed by atoms with E-state index in [4.69, 9.17) is 9.47 Å². The first-order valence-corrected chi connectivity index (χ1v) is 9.43. The molecule has 0 radical (unpaired) electrons. The number of methoxy groups -OCH3 is 1. The minimum atomic E-state index is -0.318. The molecule has 2 aromatic carbocycles. The Kier molecular flexibility index (Phi) is 8.58. The molecule has 3 aromatic rings. The summed E-state index contributed by atoms with van der Waals surface area (Å²) in [6.45, 7) is 2.39. The summed E-state index contributed by atoms with van der Waals surface area (Å²) in [6, 6.07) is 13.3. The number of ether oxygens (including phenoxy) is 2. The van der Waals surface area contributed by atoms with Crippen LogP contribution in [0.15, 0.2) is 54.9 Å². The van der Waals surface area contributed by atoms with Crippen LogP contribution in [-0.4, -0.2) is 32.1 Å². The van der Waals surface area contributed by atoms with Crippen LogP contribution in [0.5, 0.6) is 5.75 Å². The fraction of sp³-hybridized carbons (Fsp3) is 0.261. The molecule has 0 spiro atoms. The molecule has 7 heteroatoms. The number of carbonyl (C=O) groups is 2. The van der Waals surface area contributed by atoms with Gasteiger partial charge in [-0.1, -0.05) is 18.2 Å². The molecule has 0 atom stereocenters. The summed E-state index contributed by atoms with van der Waals surface area (Å²) < 4.78 is 12.3. The molecule has 1 N–H and O–H groups in total. The van der Waals surface area contributed by atoms with Crippen molar-refractivity contribution in [1.82, 2.24) is 5.32 Å². The first-order valence-electron chi connectivity index (χ1n) is 9.43. The van der Waals surface area contributed by atoms with Crippen LogP contribution in [0, 0.1) is 6.92 Å². The van der Waals surface area contributed by atoms with Gasteiger partial charge in [0.05, 0.1) is 20.1 Å². The van der Waals surface area contributed by atoms with E-state index < -0.39 is 0 Å². The van der Waals surface area contributed by atoms with Crippen molar-refractivity contribution < 1.29 is 47.6 Å². The maximum absolute atomic E-state index is 12.2. The monoisotopic (exact) mass is 520 g/mol. The average molecular weight is 520 g/mol. The highest BCUT2D eigenvalue weighted by Crippen LogP contribution is 2.26. The molecule has 0 bridgehead atoms. The molecule has 0 saturated heterocycles. The van der Waals surface area contributed by atoms with Gasteiger partial charge in [-0.15, -0.1) is 0 Å². The smallest absolute Gasteiger partial charge is 0.310 e. The fourth-order valence-electron chi connectivity index (χ4n) is 3.19. The highest BCUT2D eigenvalue weighted by molar-refractivity contribution is 5.93. The van der Waals surface area contributed by atoms with Crippen molar-refractivity contribution >= 4 is 22.6 Å². The minimum absolute atomic E-state index is 0. The van der Waals surface area contributed by atoms with Gasteiger partial charge < -0.3 is 38.8 Å². The highest BCUT2D eigenvalue weighted by Gasteiger charge is 2.12. The van der Waals surface area contributed by atoms with Gasteiger partial charge in [0.25, 0.3) is 5.91 Å². The van der Waals surface area contributed by atoms with Gasteiger partial charge in [0, 0.05) is 6.07 Å². The van der Waals surface area contributed by atoms with Gasteiger partial charge >= 0.3 is 5.97 Å². The van der Waals surface area contributed by atoms with E-state index in [2.05, 4.69) is 5.32 Å². The first-order chi connectivity index (χ1) is 14.0. The van der Waals surface area contributed by atoms with E-state index in [9.17, 15) is 9.59 Å². The number of fused-ring (bicyclic) bond motifs is 1. The topological polar surface area (TPSA) is 68.5 Å². The van der Waals surface area contributed by atoms with Gasteiger partial charge in [-0.25, -0.2) is 4.57 Å². The Morgan fingerprint density at radius 2 is 1.93 bits per heavy atom. The molecule has 30 heavy (non-hydrogen) atoms. The summed E-state index contributed by atoms with van der Waals surface area (Å²) >= 11 is 0. The molecule has 1 aromatic heterocycles. The van der Waals surface area contributed by atoms with Crippen molar-refractivity contribution in [1.29, 1.82) is 0 Å². The number of amides is 1. The van der Waals surface area contributed by atoms with E-state index in [1.54, 1.807) is 30.0 Å². The number of benzene rings is 2. The summed E-state index contributed by atoms with van der Waals surface area (Å²) in [6.07, 6.45) is 3.78. The van der Waals surface area contributed by atoms with Crippen LogP contribution in [0.2, 0.25) is 0 Å². The summed E-state index contributed by atoms with van der Waals surface area (Å²) in [7, 11) is 3.49. The maximum atomic E-state index is 12.2. The number of hydrogen-bond acceptors (Lipinski definition) is 4. The number of nitrogens with one attached hydrogen (secondary N) is 1. The predicted molar refractivity (Wildman–Crippen MR) is 110 cm³/mol. The Morgan fingerprint density at radius 1 is 1.13 bits per heavy atom. The third-order valence-electron chi connectivity index (χ3n) is 4.80. The Balaban J connectivity index is 0.00000320. The van der Waals surface area contributed by atoms with Crippen molar-refractivity contribution in [2.24, 2.45) is 7.05 Å². The Labute approximate surface area is 193 Å². The number of aryl methyl sites for hydroxylation is 2. The number of esters is 1. The minimum Gasteiger partial charge on any atom is -1.00 e. The van der Waals surface area contributed by atoms with Crippen molar-refractivity contribution in [2.45, 2.75) is 13.3 Å².